The van der Waals surface area contributed by atoms with Gasteiger partial charge >= 0.3 is 0 Å². The SMILES string of the molecule is Cc1c(SC(C)Cl)nn[nH]c1=O. The molecule has 1 rings (SSSR count). The monoisotopic (exact) mass is 205 g/mol. The van der Waals surface area contributed by atoms with E-state index in [9.17, 15) is 4.79 Å². The zero-order chi connectivity index (χ0) is 9.14. The van der Waals surface area contributed by atoms with Crippen molar-refractivity contribution in [2.75, 3.05) is 0 Å². The molecule has 4 nitrogen and oxygen atoms in total. The first-order valence-corrected chi connectivity index (χ1v) is 4.65. The number of nitrogens with one attached hydrogen (secondary N) is 1. The van der Waals surface area contributed by atoms with Gasteiger partial charge in [-0.1, -0.05) is 17.0 Å². The van der Waals surface area contributed by atoms with E-state index in [0.29, 0.717) is 10.6 Å². The van der Waals surface area contributed by atoms with Crippen molar-refractivity contribution >= 4 is 23.4 Å². The number of nitrogens with zero attached hydrogens (tertiary/aromatic N) is 2. The van der Waals surface area contributed by atoms with Gasteiger partial charge in [-0.25, -0.2) is 5.10 Å². The van der Waals surface area contributed by atoms with Crippen molar-refractivity contribution in [2.45, 2.75) is 23.6 Å². The van der Waals surface area contributed by atoms with Gasteiger partial charge in [0.2, 0.25) is 0 Å². The van der Waals surface area contributed by atoms with Gasteiger partial charge in [0.05, 0.1) is 4.71 Å². The highest BCUT2D eigenvalue weighted by Crippen LogP contribution is 2.23. The fraction of sp³-hybridized carbons (Fsp3) is 0.500. The van der Waals surface area contributed by atoms with Crippen LogP contribution in [0.4, 0.5) is 0 Å². The van der Waals surface area contributed by atoms with Crippen molar-refractivity contribution in [3.8, 4) is 0 Å². The molecule has 66 valence electrons. The van der Waals surface area contributed by atoms with Crippen LogP contribution in [0.1, 0.15) is 12.5 Å². The topological polar surface area (TPSA) is 58.6 Å². The lowest BCUT2D eigenvalue weighted by Crippen LogP contribution is -2.14. The van der Waals surface area contributed by atoms with Crippen LogP contribution < -0.4 is 5.56 Å². The molecule has 1 aromatic rings. The minimum Gasteiger partial charge on any atom is -0.268 e. The molecule has 0 aliphatic carbocycles. The first kappa shape index (κ1) is 9.54. The van der Waals surface area contributed by atoms with E-state index >= 15 is 0 Å². The Hall–Kier alpha value is -0.550. The molecule has 0 amide bonds. The average Bonchev–Trinajstić information content (AvgIpc) is 1.98. The number of H-pyrrole nitrogens is 1. The molecule has 1 unspecified atom stereocenters. The van der Waals surface area contributed by atoms with Gasteiger partial charge in [-0.15, -0.1) is 16.7 Å². The lowest BCUT2D eigenvalue weighted by Gasteiger charge is -2.01. The molecule has 0 radical (unpaired) electrons. The van der Waals surface area contributed by atoms with E-state index in [1.165, 1.54) is 11.8 Å². The third-order valence-corrected chi connectivity index (χ3v) is 2.43. The first-order chi connectivity index (χ1) is 5.61. The zero-order valence-corrected chi connectivity index (χ0v) is 8.24. The Bertz CT molecular complexity index is 325. The van der Waals surface area contributed by atoms with E-state index in [2.05, 4.69) is 15.4 Å². The molecule has 0 fully saturated rings. The number of hydrogen-bond acceptors (Lipinski definition) is 4. The highest BCUT2D eigenvalue weighted by Gasteiger charge is 2.07. The summed E-state index contributed by atoms with van der Waals surface area (Å²) in [6, 6.07) is 0. The third kappa shape index (κ3) is 2.22. The van der Waals surface area contributed by atoms with E-state index in [4.69, 9.17) is 11.6 Å². The number of hydrogen-bond donors (Lipinski definition) is 1. The van der Waals surface area contributed by atoms with Crippen LogP contribution in [0.2, 0.25) is 0 Å². The van der Waals surface area contributed by atoms with Crippen LogP contribution in [-0.4, -0.2) is 20.1 Å². The second kappa shape index (κ2) is 3.91. The number of aromatic amines is 1. The maximum absolute atomic E-state index is 11.0. The highest BCUT2D eigenvalue weighted by molar-refractivity contribution is 8.01. The van der Waals surface area contributed by atoms with Gasteiger partial charge in [0.15, 0.2) is 0 Å². The largest absolute Gasteiger partial charge is 0.271 e. The molecule has 0 spiro atoms. The minimum absolute atomic E-state index is 0.111. The maximum atomic E-state index is 11.0. The predicted molar refractivity (Wildman–Crippen MR) is 48.6 cm³/mol. The Balaban J connectivity index is 3.00. The second-order valence-corrected chi connectivity index (χ2v) is 4.47. The summed E-state index contributed by atoms with van der Waals surface area (Å²) in [5.74, 6) is 0. The van der Waals surface area contributed by atoms with Crippen LogP contribution in [-0.2, 0) is 0 Å². The second-order valence-electron chi connectivity index (χ2n) is 2.23. The van der Waals surface area contributed by atoms with Crippen molar-refractivity contribution in [3.63, 3.8) is 0 Å². The van der Waals surface area contributed by atoms with Crippen LogP contribution >= 0.6 is 23.4 Å². The summed E-state index contributed by atoms with van der Waals surface area (Å²) in [7, 11) is 0. The van der Waals surface area contributed by atoms with Crippen LogP contribution in [0, 0.1) is 6.92 Å². The van der Waals surface area contributed by atoms with E-state index < -0.39 is 0 Å². The fourth-order valence-electron chi connectivity index (χ4n) is 0.638. The molecule has 0 saturated heterocycles. The molecule has 1 N–H and O–H groups in total. The van der Waals surface area contributed by atoms with Crippen molar-refractivity contribution in [1.82, 2.24) is 15.4 Å². The third-order valence-electron chi connectivity index (χ3n) is 1.23. The van der Waals surface area contributed by atoms with E-state index in [1.54, 1.807) is 6.92 Å². The van der Waals surface area contributed by atoms with Gasteiger partial charge in [-0.3, -0.25) is 4.79 Å². The van der Waals surface area contributed by atoms with Crippen LogP contribution in [0.25, 0.3) is 0 Å². The summed E-state index contributed by atoms with van der Waals surface area (Å²) in [6.45, 7) is 3.50. The summed E-state index contributed by atoms with van der Waals surface area (Å²) < 4.78 is -0.111. The molecule has 12 heavy (non-hydrogen) atoms. The summed E-state index contributed by atoms with van der Waals surface area (Å²) in [4.78, 5) is 11.0. The number of halogens is 1. The summed E-state index contributed by atoms with van der Waals surface area (Å²) >= 11 is 7.03. The van der Waals surface area contributed by atoms with E-state index in [-0.39, 0.29) is 10.3 Å². The molecule has 0 bridgehead atoms. The standard InChI is InChI=1S/C6H8ClN3OS/c1-3-5(11)8-10-9-6(3)12-4(2)7/h4H,1-2H3,(H,8,9,11). The van der Waals surface area contributed by atoms with Crippen molar-refractivity contribution < 1.29 is 0 Å². The molecule has 0 saturated carbocycles. The van der Waals surface area contributed by atoms with Crippen LogP contribution in [0.15, 0.2) is 9.82 Å². The molecular weight excluding hydrogens is 198 g/mol. The Labute approximate surface area is 78.7 Å². The Morgan fingerprint density at radius 2 is 2.33 bits per heavy atom. The molecule has 1 atom stereocenters. The minimum atomic E-state index is -0.218. The highest BCUT2D eigenvalue weighted by atomic mass is 35.5. The molecule has 0 aliphatic heterocycles. The maximum Gasteiger partial charge on any atom is 0.271 e. The van der Waals surface area contributed by atoms with Crippen LogP contribution in [0.5, 0.6) is 0 Å². The fourth-order valence-corrected chi connectivity index (χ4v) is 1.56. The lowest BCUT2D eigenvalue weighted by atomic mass is 10.4. The molecule has 6 heteroatoms. The van der Waals surface area contributed by atoms with Crippen LogP contribution in [0.3, 0.4) is 0 Å². The van der Waals surface area contributed by atoms with Crippen molar-refractivity contribution in [1.29, 1.82) is 0 Å². The molecule has 1 aromatic heterocycles. The summed E-state index contributed by atoms with van der Waals surface area (Å²) in [5.41, 5.74) is 0.340. The zero-order valence-electron chi connectivity index (χ0n) is 6.67. The van der Waals surface area contributed by atoms with Crippen molar-refractivity contribution in [2.24, 2.45) is 0 Å². The Kier molecular flexibility index (Phi) is 3.11. The first-order valence-electron chi connectivity index (χ1n) is 3.34. The Morgan fingerprint density at radius 3 is 2.92 bits per heavy atom. The normalized spacial score (nSPS) is 12.9. The average molecular weight is 206 g/mol. The van der Waals surface area contributed by atoms with Gasteiger partial charge in [-0.05, 0) is 13.8 Å². The molecule has 1 heterocycles. The van der Waals surface area contributed by atoms with E-state index in [0.717, 1.165) is 0 Å². The molecule has 0 aliphatic rings. The smallest absolute Gasteiger partial charge is 0.268 e. The molecular formula is C6H8ClN3OS. The van der Waals surface area contributed by atoms with E-state index in [1.807, 2.05) is 6.92 Å². The van der Waals surface area contributed by atoms with Gasteiger partial charge in [0, 0.05) is 5.56 Å². The summed E-state index contributed by atoms with van der Waals surface area (Å²) in [5, 5.41) is 10.0. The Morgan fingerprint density at radius 1 is 1.67 bits per heavy atom. The number of rotatable bonds is 2. The molecule has 0 aromatic carbocycles. The van der Waals surface area contributed by atoms with Gasteiger partial charge in [0.1, 0.15) is 5.03 Å². The summed E-state index contributed by atoms with van der Waals surface area (Å²) in [6.07, 6.45) is 0. The number of aromatic nitrogens is 3. The predicted octanol–water partition coefficient (Wildman–Crippen LogP) is 1.15. The van der Waals surface area contributed by atoms with Gasteiger partial charge < -0.3 is 0 Å². The van der Waals surface area contributed by atoms with Gasteiger partial charge in [0.25, 0.3) is 5.56 Å². The lowest BCUT2D eigenvalue weighted by molar-refractivity contribution is 0.765. The van der Waals surface area contributed by atoms with Gasteiger partial charge in [-0.2, -0.15) is 0 Å². The van der Waals surface area contributed by atoms with Crippen molar-refractivity contribution in [3.05, 3.63) is 15.9 Å². The number of alkyl halides is 1. The number of thioether (sulfide) groups is 1. The quantitative estimate of drug-likeness (QED) is 0.581.